The van der Waals surface area contributed by atoms with Gasteiger partial charge < -0.3 is 0 Å². The molecule has 0 aliphatic heterocycles. The van der Waals surface area contributed by atoms with Crippen LogP contribution in [0.15, 0.2) is 36.4 Å². The van der Waals surface area contributed by atoms with Crippen LogP contribution >= 0.6 is 0 Å². The standard InChI is InChI=1S/C9H8/c1-2-6-9-7-4-3-5-8-9/h1-8H. The van der Waals surface area contributed by atoms with Crippen molar-refractivity contribution < 1.29 is 0 Å². The van der Waals surface area contributed by atoms with Gasteiger partial charge in [0.1, 0.15) is 0 Å². The molecule has 0 unspecified atom stereocenters. The molecular weight excluding hydrogens is 108 g/mol. The zero-order valence-electron chi connectivity index (χ0n) is 5.12. The molecular formula is C9H8. The lowest BCUT2D eigenvalue weighted by Gasteiger charge is -1.90. The highest BCUT2D eigenvalue weighted by Crippen LogP contribution is 2.00. The van der Waals surface area contributed by atoms with Gasteiger partial charge in [0.25, 0.3) is 0 Å². The normalized spacial score (nSPS) is 8.89. The Morgan fingerprint density at radius 1 is 1.11 bits per heavy atom. The van der Waals surface area contributed by atoms with Crippen LogP contribution in [0.4, 0.5) is 0 Å². The first-order valence-corrected chi connectivity index (χ1v) is 2.87. The Hall–Kier alpha value is -1.04. The zero-order chi connectivity index (χ0) is 6.53. The maximum Gasteiger partial charge on any atom is 0.0125 e. The van der Waals surface area contributed by atoms with Crippen LogP contribution in [0, 0.1) is 13.0 Å². The first-order valence-electron chi connectivity index (χ1n) is 2.87. The summed E-state index contributed by atoms with van der Waals surface area (Å²) in [5.74, 6) is 0. The number of benzene rings is 1. The maximum absolute atomic E-state index is 5.18. The minimum atomic E-state index is 1.14. The lowest BCUT2D eigenvalue weighted by molar-refractivity contribution is 1.53. The van der Waals surface area contributed by atoms with Gasteiger partial charge in [-0.3, -0.25) is 0 Å². The third kappa shape index (κ3) is 1.73. The highest BCUT2D eigenvalue weighted by Gasteiger charge is 1.82. The number of hydrogen-bond donors (Lipinski definition) is 0. The van der Waals surface area contributed by atoms with E-state index >= 15 is 0 Å². The molecule has 1 rings (SSSR count). The van der Waals surface area contributed by atoms with Crippen LogP contribution < -0.4 is 0 Å². The third-order valence-corrected chi connectivity index (χ3v) is 1.09. The molecule has 0 aliphatic rings. The van der Waals surface area contributed by atoms with E-state index in [0.29, 0.717) is 0 Å². The summed E-state index contributed by atoms with van der Waals surface area (Å²) in [4.78, 5) is 0. The minimum Gasteiger partial charge on any atom is -0.0761 e. The smallest absolute Gasteiger partial charge is 0.0125 e. The van der Waals surface area contributed by atoms with Crippen LogP contribution in [0.25, 0.3) is 0 Å². The molecule has 0 saturated carbocycles. The lowest BCUT2D eigenvalue weighted by Crippen LogP contribution is -1.72. The molecule has 0 amide bonds. The van der Waals surface area contributed by atoms with Crippen molar-refractivity contribution in [2.45, 2.75) is 0 Å². The molecule has 0 N–H and O–H groups in total. The molecule has 0 nitrogen and oxygen atoms in total. The molecule has 0 saturated heterocycles. The van der Waals surface area contributed by atoms with E-state index in [2.05, 4.69) is 0 Å². The van der Waals surface area contributed by atoms with Gasteiger partial charge >= 0.3 is 0 Å². The Labute approximate surface area is 55.8 Å². The molecule has 44 valence electrons. The molecule has 9 heavy (non-hydrogen) atoms. The molecule has 0 bridgehead atoms. The third-order valence-electron chi connectivity index (χ3n) is 1.09. The second-order valence-electron chi connectivity index (χ2n) is 1.77. The van der Waals surface area contributed by atoms with Gasteiger partial charge in [-0.25, -0.2) is 0 Å². The van der Waals surface area contributed by atoms with Crippen molar-refractivity contribution in [3.63, 3.8) is 0 Å². The number of allylic oxidation sites excluding steroid dienone is 1. The van der Waals surface area contributed by atoms with Crippen molar-refractivity contribution in [1.29, 1.82) is 0 Å². The molecule has 0 fully saturated rings. The molecule has 2 radical (unpaired) electrons. The average molecular weight is 116 g/mol. The maximum atomic E-state index is 5.18. The highest BCUT2D eigenvalue weighted by molar-refractivity contribution is 5.25. The van der Waals surface area contributed by atoms with Crippen molar-refractivity contribution >= 4 is 0 Å². The van der Waals surface area contributed by atoms with Gasteiger partial charge in [0.05, 0.1) is 0 Å². The summed E-state index contributed by atoms with van der Waals surface area (Å²) in [6.45, 7) is 5.18. The fourth-order valence-electron chi connectivity index (χ4n) is 0.675. The quantitative estimate of drug-likeness (QED) is 0.555. The monoisotopic (exact) mass is 116 g/mol. The Morgan fingerprint density at radius 3 is 2.33 bits per heavy atom. The van der Waals surface area contributed by atoms with E-state index in [1.807, 2.05) is 36.8 Å². The van der Waals surface area contributed by atoms with Gasteiger partial charge in [0, 0.05) is 6.42 Å². The van der Waals surface area contributed by atoms with Crippen molar-refractivity contribution in [1.82, 2.24) is 0 Å². The largest absolute Gasteiger partial charge is 0.0761 e. The van der Waals surface area contributed by atoms with Gasteiger partial charge in [-0.2, -0.15) is 0 Å². The second-order valence-corrected chi connectivity index (χ2v) is 1.77. The lowest BCUT2D eigenvalue weighted by atomic mass is 10.2. The van der Waals surface area contributed by atoms with Gasteiger partial charge in [-0.1, -0.05) is 43.0 Å². The van der Waals surface area contributed by atoms with Crippen molar-refractivity contribution in [2.75, 3.05) is 0 Å². The van der Waals surface area contributed by atoms with E-state index in [9.17, 15) is 0 Å². The second kappa shape index (κ2) is 3.08. The molecule has 0 aromatic heterocycles. The SMILES string of the molecule is [CH]=C[CH]c1ccccc1. The number of hydrogen-bond acceptors (Lipinski definition) is 0. The van der Waals surface area contributed by atoms with E-state index in [0.717, 1.165) is 5.56 Å². The van der Waals surface area contributed by atoms with Crippen LogP contribution in [-0.2, 0) is 0 Å². The van der Waals surface area contributed by atoms with E-state index in [4.69, 9.17) is 6.58 Å². The minimum absolute atomic E-state index is 1.14. The average Bonchev–Trinajstić information content (AvgIpc) is 1.91. The first kappa shape index (κ1) is 6.09. The van der Waals surface area contributed by atoms with Crippen LogP contribution in [0.3, 0.4) is 0 Å². The summed E-state index contributed by atoms with van der Waals surface area (Å²) in [7, 11) is 0. The zero-order valence-corrected chi connectivity index (χ0v) is 5.12. The Kier molecular flexibility index (Phi) is 2.08. The first-order chi connectivity index (χ1) is 4.43. The van der Waals surface area contributed by atoms with Crippen molar-refractivity contribution in [3.8, 4) is 0 Å². The fraction of sp³-hybridized carbons (Fsp3) is 0. The summed E-state index contributed by atoms with van der Waals surface area (Å²) < 4.78 is 0. The van der Waals surface area contributed by atoms with Crippen molar-refractivity contribution in [3.05, 3.63) is 55.0 Å². The predicted molar refractivity (Wildman–Crippen MR) is 38.7 cm³/mol. The van der Waals surface area contributed by atoms with Gasteiger partial charge in [0.2, 0.25) is 0 Å². The van der Waals surface area contributed by atoms with Crippen LogP contribution in [0.5, 0.6) is 0 Å². The molecule has 0 atom stereocenters. The molecule has 0 heterocycles. The Bertz CT molecular complexity index is 174. The molecule has 1 aromatic rings. The molecule has 1 aromatic carbocycles. The highest BCUT2D eigenvalue weighted by atomic mass is 13.9. The van der Waals surface area contributed by atoms with Gasteiger partial charge in [-0.05, 0) is 5.56 Å². The van der Waals surface area contributed by atoms with E-state index in [-0.39, 0.29) is 0 Å². The summed E-state index contributed by atoms with van der Waals surface area (Å²) in [6, 6.07) is 9.95. The summed E-state index contributed by atoms with van der Waals surface area (Å²) in [5, 5.41) is 0. The molecule has 0 spiro atoms. The van der Waals surface area contributed by atoms with Crippen LogP contribution in [0.2, 0.25) is 0 Å². The Balaban J connectivity index is 2.72. The van der Waals surface area contributed by atoms with E-state index < -0.39 is 0 Å². The van der Waals surface area contributed by atoms with Crippen LogP contribution in [-0.4, -0.2) is 0 Å². The van der Waals surface area contributed by atoms with Gasteiger partial charge in [-0.15, -0.1) is 0 Å². The van der Waals surface area contributed by atoms with Gasteiger partial charge in [0.15, 0.2) is 0 Å². The molecule has 0 aliphatic carbocycles. The topological polar surface area (TPSA) is 0 Å². The predicted octanol–water partition coefficient (Wildman–Crippen LogP) is 2.23. The number of rotatable bonds is 2. The summed E-state index contributed by atoms with van der Waals surface area (Å²) in [5.41, 5.74) is 1.14. The Morgan fingerprint density at radius 2 is 1.78 bits per heavy atom. The van der Waals surface area contributed by atoms with Crippen LogP contribution in [0.1, 0.15) is 5.56 Å². The van der Waals surface area contributed by atoms with Crippen molar-refractivity contribution in [2.24, 2.45) is 0 Å². The van der Waals surface area contributed by atoms with E-state index in [1.54, 1.807) is 0 Å². The summed E-state index contributed by atoms with van der Waals surface area (Å²) >= 11 is 0. The fourth-order valence-corrected chi connectivity index (χ4v) is 0.675. The molecule has 0 heteroatoms. The summed E-state index contributed by atoms with van der Waals surface area (Å²) in [6.07, 6.45) is 3.40. The van der Waals surface area contributed by atoms with E-state index in [1.165, 1.54) is 6.08 Å².